The summed E-state index contributed by atoms with van der Waals surface area (Å²) in [6.07, 6.45) is 0.703. The van der Waals surface area contributed by atoms with Crippen LogP contribution < -0.4 is 15.5 Å². The molecule has 2 saturated carbocycles. The second-order valence-electron chi connectivity index (χ2n) is 10.3. The normalized spacial score (nSPS) is 25.9. The van der Waals surface area contributed by atoms with E-state index in [0.717, 1.165) is 22.4 Å². The fraction of sp³-hybridized carbons (Fsp3) is 0.400. The molecular formula is C25H21F3N6O3. The monoisotopic (exact) mass is 510 g/mol. The number of carbonyl (C=O) groups excluding carboxylic acids is 3. The number of hydrogen-bond donors (Lipinski definition) is 2. The molecule has 2 unspecified atom stereocenters. The van der Waals surface area contributed by atoms with Crippen molar-refractivity contribution in [2.45, 2.75) is 48.6 Å². The Kier molecular flexibility index (Phi) is 4.39. The number of hydrogen-bond acceptors (Lipinski definition) is 5. The number of alkyl halides is 3. The van der Waals surface area contributed by atoms with E-state index in [0.29, 0.717) is 35.4 Å². The van der Waals surface area contributed by atoms with E-state index >= 15 is 0 Å². The lowest BCUT2D eigenvalue weighted by molar-refractivity contribution is -0.132. The largest absolute Gasteiger partial charge is 0.406 e. The van der Waals surface area contributed by atoms with Crippen LogP contribution in [0.15, 0.2) is 36.7 Å². The molecule has 2 N–H and O–H groups in total. The van der Waals surface area contributed by atoms with Crippen molar-refractivity contribution in [3.8, 4) is 0 Å². The van der Waals surface area contributed by atoms with E-state index in [1.54, 1.807) is 23.0 Å². The van der Waals surface area contributed by atoms with Gasteiger partial charge in [0.05, 0.1) is 17.0 Å². The third-order valence-corrected chi connectivity index (χ3v) is 7.97. The van der Waals surface area contributed by atoms with Gasteiger partial charge in [0.15, 0.2) is 5.65 Å². The average molecular weight is 510 g/mol. The Morgan fingerprint density at radius 3 is 2.65 bits per heavy atom. The molecule has 2 aromatic heterocycles. The molecule has 37 heavy (non-hydrogen) atoms. The molecule has 4 aliphatic rings. The Morgan fingerprint density at radius 2 is 1.92 bits per heavy atom. The zero-order valence-electron chi connectivity index (χ0n) is 19.4. The Hall–Kier alpha value is -3.96. The van der Waals surface area contributed by atoms with Gasteiger partial charge in [0.25, 0.3) is 0 Å². The standard InChI is InChI=1S/C25H21F3N6O3/c26-25(27,28)11-33-19-7-12(1-2-17(19)24(3-4-24)22(33)36)13-8-14(13)15-9-18(32-34-6-5-29-20(15)34)16-10-30-23(37)31-21(16)35/h1-2,5-7,9,13-14,16H,3-4,8,10-11H2,(H2,30,31,35,37)/t13-,14?,16?/m1/s1. The van der Waals surface area contributed by atoms with E-state index < -0.39 is 41.9 Å². The molecule has 3 fully saturated rings. The average Bonchev–Trinajstić information content (AvgIpc) is 3.75. The van der Waals surface area contributed by atoms with Gasteiger partial charge in [-0.05, 0) is 54.4 Å². The van der Waals surface area contributed by atoms with E-state index in [9.17, 15) is 27.6 Å². The lowest BCUT2D eigenvalue weighted by atomic mass is 9.95. The van der Waals surface area contributed by atoms with E-state index in [4.69, 9.17) is 0 Å². The van der Waals surface area contributed by atoms with Gasteiger partial charge in [-0.1, -0.05) is 12.1 Å². The predicted molar refractivity (Wildman–Crippen MR) is 123 cm³/mol. The van der Waals surface area contributed by atoms with Crippen LogP contribution in [0.25, 0.3) is 5.65 Å². The first-order valence-corrected chi connectivity index (χ1v) is 12.1. The van der Waals surface area contributed by atoms with Gasteiger partial charge in [0.1, 0.15) is 6.54 Å². The molecule has 0 bridgehead atoms. The maximum Gasteiger partial charge on any atom is 0.406 e. The SMILES string of the molecule is O=C1NCC(c2cc(C3C[C@@H]3c3ccc4c(c3)N(CC(F)(F)F)C(=O)C43CC3)c3nccn3n2)C(=O)N1. The smallest absolute Gasteiger partial charge is 0.337 e. The maximum absolute atomic E-state index is 13.3. The zero-order chi connectivity index (χ0) is 25.7. The van der Waals surface area contributed by atoms with Crippen LogP contribution in [0.3, 0.4) is 0 Å². The Bertz CT molecular complexity index is 1510. The van der Waals surface area contributed by atoms with E-state index in [1.165, 1.54) is 0 Å². The van der Waals surface area contributed by atoms with Crippen LogP contribution in [-0.2, 0) is 15.0 Å². The highest BCUT2D eigenvalue weighted by Crippen LogP contribution is 2.60. The summed E-state index contributed by atoms with van der Waals surface area (Å²) >= 11 is 0. The van der Waals surface area contributed by atoms with Crippen molar-refractivity contribution in [2.75, 3.05) is 18.0 Å². The summed E-state index contributed by atoms with van der Waals surface area (Å²) < 4.78 is 41.5. The van der Waals surface area contributed by atoms with Crippen LogP contribution in [0, 0.1) is 0 Å². The molecule has 9 nitrogen and oxygen atoms in total. The van der Waals surface area contributed by atoms with Crippen LogP contribution in [0.4, 0.5) is 23.7 Å². The van der Waals surface area contributed by atoms with Crippen LogP contribution in [0.2, 0.25) is 0 Å². The molecule has 7 rings (SSSR count). The van der Waals surface area contributed by atoms with Crippen LogP contribution in [0.5, 0.6) is 0 Å². The molecule has 4 amide bonds. The lowest BCUT2D eigenvalue weighted by Gasteiger charge is -2.22. The number of amides is 4. The molecule has 1 spiro atoms. The van der Waals surface area contributed by atoms with Crippen molar-refractivity contribution in [2.24, 2.45) is 0 Å². The van der Waals surface area contributed by atoms with Gasteiger partial charge in [-0.15, -0.1) is 0 Å². The number of aromatic nitrogens is 3. The Balaban J connectivity index is 1.22. The number of imidazole rings is 1. The second-order valence-corrected chi connectivity index (χ2v) is 10.3. The van der Waals surface area contributed by atoms with Crippen LogP contribution in [0.1, 0.15) is 59.4 Å². The van der Waals surface area contributed by atoms with Crippen molar-refractivity contribution in [1.29, 1.82) is 0 Å². The summed E-state index contributed by atoms with van der Waals surface area (Å²) in [5, 5.41) is 9.39. The molecular weight excluding hydrogens is 489 g/mol. The fourth-order valence-corrected chi connectivity index (χ4v) is 5.92. The van der Waals surface area contributed by atoms with Crippen molar-refractivity contribution >= 4 is 29.2 Å². The molecule has 3 aromatic rings. The van der Waals surface area contributed by atoms with Crippen LogP contribution >= 0.6 is 0 Å². The predicted octanol–water partition coefficient (Wildman–Crippen LogP) is 2.86. The number of nitrogens with zero attached hydrogens (tertiary/aromatic N) is 4. The van der Waals surface area contributed by atoms with Crippen molar-refractivity contribution in [1.82, 2.24) is 25.2 Å². The summed E-state index contributed by atoms with van der Waals surface area (Å²) in [6, 6.07) is 6.77. The number of carbonyl (C=O) groups is 3. The number of imide groups is 1. The maximum atomic E-state index is 13.3. The van der Waals surface area contributed by atoms with Gasteiger partial charge in [-0.25, -0.2) is 14.3 Å². The number of benzene rings is 1. The van der Waals surface area contributed by atoms with Gasteiger partial charge in [-0.2, -0.15) is 18.3 Å². The zero-order valence-corrected chi connectivity index (χ0v) is 19.4. The molecule has 2 aliphatic heterocycles. The van der Waals surface area contributed by atoms with Crippen molar-refractivity contribution in [3.63, 3.8) is 0 Å². The number of urea groups is 1. The minimum Gasteiger partial charge on any atom is -0.337 e. The number of anilines is 1. The van der Waals surface area contributed by atoms with E-state index in [2.05, 4.69) is 20.7 Å². The first kappa shape index (κ1) is 22.3. The molecule has 4 heterocycles. The third kappa shape index (κ3) is 3.41. The summed E-state index contributed by atoms with van der Waals surface area (Å²) in [5.41, 5.74) is 3.15. The van der Waals surface area contributed by atoms with E-state index in [-0.39, 0.29) is 18.4 Å². The summed E-state index contributed by atoms with van der Waals surface area (Å²) in [7, 11) is 0. The summed E-state index contributed by atoms with van der Waals surface area (Å²) in [5.74, 6) is -1.50. The summed E-state index contributed by atoms with van der Waals surface area (Å²) in [4.78, 5) is 42.2. The van der Waals surface area contributed by atoms with Gasteiger partial charge in [0, 0.05) is 30.2 Å². The molecule has 12 heteroatoms. The number of rotatable bonds is 4. The summed E-state index contributed by atoms with van der Waals surface area (Å²) in [6.45, 7) is -1.17. The minimum absolute atomic E-state index is 0.0222. The molecule has 0 radical (unpaired) electrons. The highest BCUT2D eigenvalue weighted by Gasteiger charge is 2.60. The third-order valence-electron chi connectivity index (χ3n) is 7.97. The Morgan fingerprint density at radius 1 is 1.11 bits per heavy atom. The topological polar surface area (TPSA) is 109 Å². The van der Waals surface area contributed by atoms with Gasteiger partial charge in [-0.3, -0.25) is 14.9 Å². The number of nitrogens with one attached hydrogen (secondary N) is 2. The molecule has 190 valence electrons. The van der Waals surface area contributed by atoms with Crippen molar-refractivity contribution < 1.29 is 27.6 Å². The Labute approximate surface area is 208 Å². The lowest BCUT2D eigenvalue weighted by Crippen LogP contribution is -2.51. The molecule has 1 saturated heterocycles. The first-order valence-electron chi connectivity index (χ1n) is 12.1. The van der Waals surface area contributed by atoms with Gasteiger partial charge < -0.3 is 10.2 Å². The second kappa shape index (κ2) is 7.30. The molecule has 2 aliphatic carbocycles. The fourth-order valence-electron chi connectivity index (χ4n) is 5.92. The number of fused-ring (bicyclic) bond motifs is 3. The quantitative estimate of drug-likeness (QED) is 0.561. The van der Waals surface area contributed by atoms with Gasteiger partial charge in [0.2, 0.25) is 11.8 Å². The highest BCUT2D eigenvalue weighted by atomic mass is 19.4. The minimum atomic E-state index is -4.49. The molecule has 1 aromatic carbocycles. The number of halogens is 3. The van der Waals surface area contributed by atoms with Crippen molar-refractivity contribution in [3.05, 3.63) is 59.0 Å². The van der Waals surface area contributed by atoms with E-state index in [1.807, 2.05) is 18.2 Å². The molecule has 3 atom stereocenters. The first-order chi connectivity index (χ1) is 17.6. The van der Waals surface area contributed by atoms with Crippen LogP contribution in [-0.4, -0.2) is 51.7 Å². The highest BCUT2D eigenvalue weighted by molar-refractivity contribution is 6.10. The van der Waals surface area contributed by atoms with Gasteiger partial charge >= 0.3 is 12.2 Å².